The zero-order chi connectivity index (χ0) is 15.4. The predicted octanol–water partition coefficient (Wildman–Crippen LogP) is 3.66. The molecule has 1 unspecified atom stereocenters. The van der Waals surface area contributed by atoms with E-state index >= 15 is 0 Å². The van der Waals surface area contributed by atoms with Gasteiger partial charge in [0.05, 0.1) is 6.04 Å². The van der Waals surface area contributed by atoms with Crippen LogP contribution in [0.5, 0.6) is 0 Å². The molecular formula is C20H26N2. The largest absolute Gasteiger partial charge is 0.309 e. The summed E-state index contributed by atoms with van der Waals surface area (Å²) in [5, 5.41) is 0. The van der Waals surface area contributed by atoms with E-state index in [0.29, 0.717) is 6.04 Å². The summed E-state index contributed by atoms with van der Waals surface area (Å²) in [7, 11) is 4.35. The van der Waals surface area contributed by atoms with Gasteiger partial charge in [0.2, 0.25) is 0 Å². The fourth-order valence-electron chi connectivity index (χ4n) is 3.65. The van der Waals surface area contributed by atoms with Crippen molar-refractivity contribution in [1.29, 1.82) is 0 Å². The Bertz CT molecular complexity index is 525. The van der Waals surface area contributed by atoms with Gasteiger partial charge in [-0.15, -0.1) is 0 Å². The number of likely N-dealkylation sites (tertiary alicyclic amines) is 1. The molecule has 1 fully saturated rings. The van der Waals surface area contributed by atoms with E-state index in [-0.39, 0.29) is 0 Å². The molecule has 0 saturated carbocycles. The minimum atomic E-state index is 0.384. The van der Waals surface area contributed by atoms with Gasteiger partial charge < -0.3 is 4.90 Å². The molecule has 22 heavy (non-hydrogen) atoms. The summed E-state index contributed by atoms with van der Waals surface area (Å²) in [6.45, 7) is 3.56. The Kier molecular flexibility index (Phi) is 4.91. The van der Waals surface area contributed by atoms with Crippen LogP contribution in [0.2, 0.25) is 0 Å². The van der Waals surface area contributed by atoms with Crippen molar-refractivity contribution in [1.82, 2.24) is 9.80 Å². The highest BCUT2D eigenvalue weighted by Crippen LogP contribution is 2.33. The third-order valence-corrected chi connectivity index (χ3v) is 4.54. The third-order valence-electron chi connectivity index (χ3n) is 4.54. The molecule has 2 nitrogen and oxygen atoms in total. The normalized spacial score (nSPS) is 19.2. The van der Waals surface area contributed by atoms with Crippen molar-refractivity contribution in [3.8, 4) is 0 Å². The molecule has 2 aromatic rings. The van der Waals surface area contributed by atoms with Gasteiger partial charge in [0.25, 0.3) is 0 Å². The lowest BCUT2D eigenvalue weighted by Crippen LogP contribution is -2.29. The minimum absolute atomic E-state index is 0.384. The molecule has 2 heteroatoms. The Morgan fingerprint density at radius 1 is 0.955 bits per heavy atom. The summed E-state index contributed by atoms with van der Waals surface area (Å²) in [4.78, 5) is 4.97. The van der Waals surface area contributed by atoms with Crippen molar-refractivity contribution in [2.75, 3.05) is 33.7 Å². The molecule has 0 N–H and O–H groups in total. The van der Waals surface area contributed by atoms with E-state index in [9.17, 15) is 0 Å². The summed E-state index contributed by atoms with van der Waals surface area (Å²) in [5.41, 5.74) is 2.80. The number of nitrogens with zero attached hydrogens (tertiary/aromatic N) is 2. The first-order valence-electron chi connectivity index (χ1n) is 8.22. The standard InChI is InChI=1S/C20H26N2/c1-21(2)15-17-13-14-22(16-17)20(18-9-5-3-6-10-18)19-11-7-4-8-12-19/h3-12,17,20H,13-16H2,1-2H3. The molecule has 1 atom stereocenters. The summed E-state index contributed by atoms with van der Waals surface area (Å²) in [6.07, 6.45) is 1.30. The van der Waals surface area contributed by atoms with E-state index in [2.05, 4.69) is 84.6 Å². The molecule has 1 aliphatic heterocycles. The summed E-state index contributed by atoms with van der Waals surface area (Å²) in [5.74, 6) is 0.782. The SMILES string of the molecule is CN(C)CC1CCN(C(c2ccccc2)c2ccccc2)C1. The van der Waals surface area contributed by atoms with Gasteiger partial charge in [-0.25, -0.2) is 0 Å². The van der Waals surface area contributed by atoms with E-state index in [1.54, 1.807) is 0 Å². The maximum absolute atomic E-state index is 2.65. The molecule has 1 saturated heterocycles. The Labute approximate surface area is 134 Å². The Balaban J connectivity index is 1.84. The maximum Gasteiger partial charge on any atom is 0.0601 e. The Hall–Kier alpha value is -1.64. The number of hydrogen-bond acceptors (Lipinski definition) is 2. The molecular weight excluding hydrogens is 268 g/mol. The van der Waals surface area contributed by atoms with Crippen LogP contribution in [-0.2, 0) is 0 Å². The molecule has 0 aromatic heterocycles. The molecule has 116 valence electrons. The van der Waals surface area contributed by atoms with Gasteiger partial charge >= 0.3 is 0 Å². The number of benzene rings is 2. The molecule has 0 aliphatic carbocycles. The molecule has 1 heterocycles. The predicted molar refractivity (Wildman–Crippen MR) is 93.0 cm³/mol. The van der Waals surface area contributed by atoms with Gasteiger partial charge in [-0.05, 0) is 44.1 Å². The Morgan fingerprint density at radius 2 is 1.50 bits per heavy atom. The quantitative estimate of drug-likeness (QED) is 0.830. The van der Waals surface area contributed by atoms with Crippen LogP contribution < -0.4 is 0 Å². The lowest BCUT2D eigenvalue weighted by Gasteiger charge is -2.29. The second-order valence-corrected chi connectivity index (χ2v) is 6.64. The fraction of sp³-hybridized carbons (Fsp3) is 0.400. The van der Waals surface area contributed by atoms with Crippen LogP contribution in [0.15, 0.2) is 60.7 Å². The van der Waals surface area contributed by atoms with E-state index in [0.717, 1.165) is 5.92 Å². The third kappa shape index (κ3) is 3.57. The number of rotatable bonds is 5. The first-order valence-corrected chi connectivity index (χ1v) is 8.22. The van der Waals surface area contributed by atoms with E-state index in [4.69, 9.17) is 0 Å². The zero-order valence-corrected chi connectivity index (χ0v) is 13.7. The lowest BCUT2D eigenvalue weighted by atomic mass is 9.97. The average molecular weight is 294 g/mol. The molecule has 0 amide bonds. The van der Waals surface area contributed by atoms with Gasteiger partial charge in [-0.2, -0.15) is 0 Å². The second-order valence-electron chi connectivity index (χ2n) is 6.64. The molecule has 1 aliphatic rings. The maximum atomic E-state index is 2.65. The highest BCUT2D eigenvalue weighted by atomic mass is 15.2. The molecule has 3 rings (SSSR count). The zero-order valence-electron chi connectivity index (χ0n) is 13.7. The summed E-state index contributed by atoms with van der Waals surface area (Å²) in [6, 6.07) is 22.2. The van der Waals surface area contributed by atoms with Crippen LogP contribution in [0.1, 0.15) is 23.6 Å². The van der Waals surface area contributed by atoms with Crippen molar-refractivity contribution in [2.24, 2.45) is 5.92 Å². The first kappa shape index (κ1) is 15.3. The smallest absolute Gasteiger partial charge is 0.0601 e. The average Bonchev–Trinajstić information content (AvgIpc) is 2.97. The van der Waals surface area contributed by atoms with Crippen molar-refractivity contribution in [3.05, 3.63) is 71.8 Å². The van der Waals surface area contributed by atoms with Gasteiger partial charge in [0.15, 0.2) is 0 Å². The topological polar surface area (TPSA) is 6.48 Å². The van der Waals surface area contributed by atoms with Crippen molar-refractivity contribution in [3.63, 3.8) is 0 Å². The van der Waals surface area contributed by atoms with Crippen LogP contribution in [0.4, 0.5) is 0 Å². The second kappa shape index (κ2) is 7.08. The van der Waals surface area contributed by atoms with E-state index in [1.165, 1.54) is 37.2 Å². The van der Waals surface area contributed by atoms with Crippen LogP contribution in [0.3, 0.4) is 0 Å². The summed E-state index contributed by atoms with van der Waals surface area (Å²) >= 11 is 0. The van der Waals surface area contributed by atoms with Gasteiger partial charge in [0, 0.05) is 13.1 Å². The molecule has 0 spiro atoms. The fourth-order valence-corrected chi connectivity index (χ4v) is 3.65. The lowest BCUT2D eigenvalue weighted by molar-refractivity contribution is 0.254. The first-order chi connectivity index (χ1) is 10.7. The molecule has 0 bridgehead atoms. The van der Waals surface area contributed by atoms with Crippen molar-refractivity contribution in [2.45, 2.75) is 12.5 Å². The van der Waals surface area contributed by atoms with Gasteiger partial charge in [0.1, 0.15) is 0 Å². The number of hydrogen-bond donors (Lipinski definition) is 0. The van der Waals surface area contributed by atoms with Crippen LogP contribution in [0.25, 0.3) is 0 Å². The summed E-state index contributed by atoms with van der Waals surface area (Å²) < 4.78 is 0. The van der Waals surface area contributed by atoms with Crippen LogP contribution in [0, 0.1) is 5.92 Å². The van der Waals surface area contributed by atoms with Crippen LogP contribution >= 0.6 is 0 Å². The highest BCUT2D eigenvalue weighted by Gasteiger charge is 2.30. The Morgan fingerprint density at radius 3 is 2.00 bits per heavy atom. The highest BCUT2D eigenvalue weighted by molar-refractivity contribution is 5.32. The van der Waals surface area contributed by atoms with Gasteiger partial charge in [-0.3, -0.25) is 4.90 Å². The molecule has 0 radical (unpaired) electrons. The minimum Gasteiger partial charge on any atom is -0.309 e. The molecule has 2 aromatic carbocycles. The van der Waals surface area contributed by atoms with E-state index in [1.807, 2.05) is 0 Å². The monoisotopic (exact) mass is 294 g/mol. The van der Waals surface area contributed by atoms with Crippen LogP contribution in [-0.4, -0.2) is 43.5 Å². The van der Waals surface area contributed by atoms with E-state index < -0.39 is 0 Å². The van der Waals surface area contributed by atoms with Crippen molar-refractivity contribution < 1.29 is 0 Å². The van der Waals surface area contributed by atoms with Gasteiger partial charge in [-0.1, -0.05) is 60.7 Å². The van der Waals surface area contributed by atoms with Crippen molar-refractivity contribution >= 4 is 0 Å².